The molecule has 2 heterocycles. The van der Waals surface area contributed by atoms with Gasteiger partial charge in [-0.25, -0.2) is 0 Å². The van der Waals surface area contributed by atoms with Crippen LogP contribution in [0.25, 0.3) is 5.76 Å². The van der Waals surface area contributed by atoms with Gasteiger partial charge < -0.3 is 24.2 Å². The summed E-state index contributed by atoms with van der Waals surface area (Å²) in [5.41, 5.74) is 1.31. The highest BCUT2D eigenvalue weighted by molar-refractivity contribution is 6.46. The molecule has 0 unspecified atom stereocenters. The molecule has 2 aliphatic heterocycles. The summed E-state index contributed by atoms with van der Waals surface area (Å²) >= 11 is 0. The van der Waals surface area contributed by atoms with E-state index in [1.54, 1.807) is 29.2 Å². The minimum atomic E-state index is -0.691. The molecule has 2 aromatic carbocycles. The number of morpholine rings is 1. The number of benzene rings is 2. The fraction of sp³-hybridized carbons (Fsp3) is 0.467. The zero-order valence-corrected chi connectivity index (χ0v) is 22.5. The van der Waals surface area contributed by atoms with E-state index < -0.39 is 17.7 Å². The van der Waals surface area contributed by atoms with Gasteiger partial charge in [0.1, 0.15) is 17.3 Å². The average molecular weight is 523 g/mol. The van der Waals surface area contributed by atoms with Crippen LogP contribution in [-0.2, 0) is 14.3 Å². The average Bonchev–Trinajstić information content (AvgIpc) is 3.17. The molecule has 2 saturated heterocycles. The first kappa shape index (κ1) is 27.7. The Morgan fingerprint density at radius 1 is 1.00 bits per heavy atom. The molecule has 0 aromatic heterocycles. The van der Waals surface area contributed by atoms with Gasteiger partial charge in [-0.2, -0.15) is 0 Å². The van der Waals surface area contributed by atoms with E-state index in [-0.39, 0.29) is 17.4 Å². The number of rotatable bonds is 11. The molecular weight excluding hydrogens is 484 g/mol. The predicted octanol–water partition coefficient (Wildman–Crippen LogP) is 4.41. The minimum absolute atomic E-state index is 0.0240. The van der Waals surface area contributed by atoms with Gasteiger partial charge in [-0.3, -0.25) is 14.5 Å². The maximum Gasteiger partial charge on any atom is 0.295 e. The zero-order chi connectivity index (χ0) is 27.1. The van der Waals surface area contributed by atoms with Crippen LogP contribution in [0.5, 0.6) is 11.5 Å². The van der Waals surface area contributed by atoms with Crippen molar-refractivity contribution in [2.45, 2.75) is 45.8 Å². The van der Waals surface area contributed by atoms with Gasteiger partial charge in [-0.1, -0.05) is 19.1 Å². The Labute approximate surface area is 224 Å². The summed E-state index contributed by atoms with van der Waals surface area (Å²) in [6.07, 6.45) is 1.62. The monoisotopic (exact) mass is 522 g/mol. The summed E-state index contributed by atoms with van der Waals surface area (Å²) < 4.78 is 16.8. The van der Waals surface area contributed by atoms with Crippen molar-refractivity contribution in [3.8, 4) is 11.5 Å². The smallest absolute Gasteiger partial charge is 0.295 e. The first-order valence-electron chi connectivity index (χ1n) is 13.5. The number of amides is 1. The molecule has 8 nitrogen and oxygen atoms in total. The van der Waals surface area contributed by atoms with Crippen LogP contribution < -0.4 is 9.47 Å². The van der Waals surface area contributed by atoms with Gasteiger partial charge >= 0.3 is 0 Å². The largest absolute Gasteiger partial charge is 0.507 e. The van der Waals surface area contributed by atoms with Crippen LogP contribution in [0.2, 0.25) is 0 Å². The minimum Gasteiger partial charge on any atom is -0.507 e. The van der Waals surface area contributed by atoms with E-state index in [2.05, 4.69) is 4.90 Å². The third-order valence-corrected chi connectivity index (χ3v) is 6.69. The van der Waals surface area contributed by atoms with Crippen LogP contribution >= 0.6 is 0 Å². The van der Waals surface area contributed by atoms with Crippen molar-refractivity contribution in [3.05, 3.63) is 65.2 Å². The number of Topliss-reactive ketones (excluding diaryl/α,β-unsaturated/α-hetero) is 1. The van der Waals surface area contributed by atoms with E-state index in [1.165, 1.54) is 0 Å². The Hall–Kier alpha value is -3.36. The number of ketones is 1. The predicted molar refractivity (Wildman–Crippen MR) is 145 cm³/mol. The van der Waals surface area contributed by atoms with E-state index in [0.29, 0.717) is 49.8 Å². The lowest BCUT2D eigenvalue weighted by atomic mass is 9.95. The number of nitrogens with zero attached hydrogens (tertiary/aromatic N) is 2. The summed E-state index contributed by atoms with van der Waals surface area (Å²) in [6, 6.07) is 13.6. The molecule has 8 heteroatoms. The molecule has 2 aromatic rings. The lowest BCUT2D eigenvalue weighted by Crippen LogP contribution is -2.38. The second-order valence-corrected chi connectivity index (χ2v) is 9.91. The highest BCUT2D eigenvalue weighted by Gasteiger charge is 2.45. The van der Waals surface area contributed by atoms with Crippen molar-refractivity contribution in [2.75, 3.05) is 46.0 Å². The quantitative estimate of drug-likeness (QED) is 0.266. The number of hydrogen-bond donors (Lipinski definition) is 1. The van der Waals surface area contributed by atoms with Gasteiger partial charge in [0.25, 0.3) is 11.7 Å². The summed E-state index contributed by atoms with van der Waals surface area (Å²) in [6.45, 7) is 10.9. The van der Waals surface area contributed by atoms with Crippen molar-refractivity contribution in [1.29, 1.82) is 0 Å². The lowest BCUT2D eigenvalue weighted by molar-refractivity contribution is -0.140. The van der Waals surface area contributed by atoms with Gasteiger partial charge in [0, 0.05) is 31.7 Å². The third-order valence-electron chi connectivity index (χ3n) is 6.69. The molecule has 0 bridgehead atoms. The Bertz CT molecular complexity index is 1120. The standard InChI is InChI=1S/C30H38N2O6/c1-4-18-37-24-10-8-23(9-11-24)28(33)26-27(22-6-12-25(13-7-22)38-21(2)3)32(30(35)29(26)34)15-5-14-31-16-19-36-20-17-31/h6-13,21,27,33H,4-5,14-20H2,1-3H3/b28-26+/t27-/m1/s1. The normalized spacial score (nSPS) is 19.8. The van der Waals surface area contributed by atoms with Gasteiger partial charge in [-0.15, -0.1) is 0 Å². The molecule has 0 saturated carbocycles. The number of carbonyl (C=O) groups is 2. The zero-order valence-electron chi connectivity index (χ0n) is 22.5. The Morgan fingerprint density at radius 3 is 2.29 bits per heavy atom. The maximum atomic E-state index is 13.3. The number of likely N-dealkylation sites (tertiary alicyclic amines) is 1. The van der Waals surface area contributed by atoms with E-state index in [0.717, 1.165) is 31.6 Å². The van der Waals surface area contributed by atoms with Crippen LogP contribution in [0.3, 0.4) is 0 Å². The lowest BCUT2D eigenvalue weighted by Gasteiger charge is -2.29. The number of aliphatic hydroxyl groups is 1. The molecule has 2 aliphatic rings. The summed E-state index contributed by atoms with van der Waals surface area (Å²) in [5, 5.41) is 11.3. The highest BCUT2D eigenvalue weighted by Crippen LogP contribution is 2.40. The fourth-order valence-corrected chi connectivity index (χ4v) is 4.83. The van der Waals surface area contributed by atoms with Gasteiger partial charge in [0.15, 0.2) is 0 Å². The molecule has 0 spiro atoms. The summed E-state index contributed by atoms with van der Waals surface area (Å²) in [4.78, 5) is 30.5. The van der Waals surface area contributed by atoms with Crippen molar-refractivity contribution in [1.82, 2.24) is 9.80 Å². The molecule has 1 atom stereocenters. The van der Waals surface area contributed by atoms with Crippen molar-refractivity contribution in [2.24, 2.45) is 0 Å². The Kier molecular flexibility index (Phi) is 9.42. The molecule has 204 valence electrons. The fourth-order valence-electron chi connectivity index (χ4n) is 4.83. The third kappa shape index (κ3) is 6.55. The number of aliphatic hydroxyl groups excluding tert-OH is 1. The van der Waals surface area contributed by atoms with Crippen LogP contribution in [0, 0.1) is 0 Å². The molecule has 2 fully saturated rings. The SMILES string of the molecule is CCCOc1ccc(/C(O)=C2\C(=O)C(=O)N(CCCN3CCOCC3)[C@@H]2c2ccc(OC(C)C)cc2)cc1. The first-order valence-corrected chi connectivity index (χ1v) is 13.5. The number of ether oxygens (including phenoxy) is 3. The molecular formula is C30H38N2O6. The van der Waals surface area contributed by atoms with E-state index in [9.17, 15) is 14.7 Å². The topological polar surface area (TPSA) is 88.5 Å². The van der Waals surface area contributed by atoms with Crippen LogP contribution in [0.15, 0.2) is 54.1 Å². The van der Waals surface area contributed by atoms with E-state index >= 15 is 0 Å². The van der Waals surface area contributed by atoms with E-state index in [1.807, 2.05) is 45.0 Å². The van der Waals surface area contributed by atoms with Crippen molar-refractivity contribution < 1.29 is 28.9 Å². The summed E-state index contributed by atoms with van der Waals surface area (Å²) in [7, 11) is 0. The molecule has 0 aliphatic carbocycles. The molecule has 1 amide bonds. The Morgan fingerprint density at radius 2 is 1.66 bits per heavy atom. The second kappa shape index (κ2) is 12.9. The van der Waals surface area contributed by atoms with Crippen LogP contribution in [-0.4, -0.2) is 78.7 Å². The first-order chi connectivity index (χ1) is 18.4. The van der Waals surface area contributed by atoms with Gasteiger partial charge in [0.2, 0.25) is 0 Å². The Balaban J connectivity index is 1.64. The number of carbonyl (C=O) groups excluding carboxylic acids is 2. The highest BCUT2D eigenvalue weighted by atomic mass is 16.5. The number of hydrogen-bond acceptors (Lipinski definition) is 7. The molecule has 0 radical (unpaired) electrons. The van der Waals surface area contributed by atoms with Crippen molar-refractivity contribution >= 4 is 17.4 Å². The maximum absolute atomic E-state index is 13.3. The molecule has 1 N–H and O–H groups in total. The van der Waals surface area contributed by atoms with Crippen LogP contribution in [0.1, 0.15) is 50.8 Å². The van der Waals surface area contributed by atoms with Crippen molar-refractivity contribution in [3.63, 3.8) is 0 Å². The molecule has 38 heavy (non-hydrogen) atoms. The van der Waals surface area contributed by atoms with E-state index in [4.69, 9.17) is 14.2 Å². The van der Waals surface area contributed by atoms with Crippen LogP contribution in [0.4, 0.5) is 0 Å². The van der Waals surface area contributed by atoms with Gasteiger partial charge in [0.05, 0.1) is 37.5 Å². The van der Waals surface area contributed by atoms with Gasteiger partial charge in [-0.05, 0) is 68.7 Å². The second-order valence-electron chi connectivity index (χ2n) is 9.91. The summed E-state index contributed by atoms with van der Waals surface area (Å²) in [5.74, 6) is -0.0647. The molecule has 4 rings (SSSR count).